The van der Waals surface area contributed by atoms with Gasteiger partial charge in [-0.05, 0) is 95.5 Å². The Bertz CT molecular complexity index is 2740. The van der Waals surface area contributed by atoms with Gasteiger partial charge in [0.15, 0.2) is 0 Å². The van der Waals surface area contributed by atoms with Crippen LogP contribution in [0.15, 0.2) is 107 Å². The first-order valence-corrected chi connectivity index (χ1v) is 34.4. The number of unbranched alkanes of at least 4 members (excludes halogenated alkanes) is 2. The quantitative estimate of drug-likeness (QED) is 0.0683. The molecule has 518 valence electrons. The zero-order valence-corrected chi connectivity index (χ0v) is 63.8. The highest BCUT2D eigenvalue weighted by Gasteiger charge is 2.48. The molecule has 92 heavy (non-hydrogen) atoms. The second-order valence-electron chi connectivity index (χ2n) is 27.0. The van der Waals surface area contributed by atoms with Crippen molar-refractivity contribution in [3.8, 4) is 0 Å². The topological polar surface area (TPSA) is 180 Å². The number of para-hydroxylation sites is 1. The molecular weight excluding hydrogens is 1190 g/mol. The minimum absolute atomic E-state index is 0.0599. The van der Waals surface area contributed by atoms with E-state index >= 15 is 0 Å². The molecule has 4 amide bonds. The number of nitro groups is 1. The molecule has 2 unspecified atom stereocenters. The fraction of sp³-hybridized carbons (Fsp3) is 0.579. The van der Waals surface area contributed by atoms with Crippen LogP contribution in [0.1, 0.15) is 247 Å². The number of amides is 4. The van der Waals surface area contributed by atoms with E-state index in [1.807, 2.05) is 166 Å². The molecule has 6 rings (SSSR count). The lowest BCUT2D eigenvalue weighted by atomic mass is 9.85. The van der Waals surface area contributed by atoms with Gasteiger partial charge >= 0.3 is 11.9 Å². The smallest absolute Gasteiger partial charge is 0.348 e. The van der Waals surface area contributed by atoms with Gasteiger partial charge in [0.05, 0.1) is 26.9 Å². The summed E-state index contributed by atoms with van der Waals surface area (Å²) in [7, 11) is 1.51. The second kappa shape index (κ2) is 43.7. The van der Waals surface area contributed by atoms with Gasteiger partial charge in [0, 0.05) is 56.7 Å². The Hall–Kier alpha value is -6.10. The molecule has 3 aromatic rings. The van der Waals surface area contributed by atoms with Crippen LogP contribution in [-0.2, 0) is 62.4 Å². The summed E-state index contributed by atoms with van der Waals surface area (Å²) >= 11 is 2.89. The van der Waals surface area contributed by atoms with Gasteiger partial charge in [0.2, 0.25) is 12.2 Å². The fourth-order valence-electron chi connectivity index (χ4n) is 8.10. The predicted molar refractivity (Wildman–Crippen MR) is 390 cm³/mol. The third-order valence-corrected chi connectivity index (χ3v) is 14.5. The summed E-state index contributed by atoms with van der Waals surface area (Å²) in [5, 5.41) is 10.4. The number of aryl methyl sites for hydroxylation is 2. The van der Waals surface area contributed by atoms with E-state index in [1.54, 1.807) is 18.2 Å². The number of allylic oxidation sites excluding steroid dienone is 2. The Balaban J connectivity index is -0.00000102. The lowest BCUT2D eigenvalue weighted by Gasteiger charge is -2.38. The first kappa shape index (κ1) is 90.1. The van der Waals surface area contributed by atoms with Gasteiger partial charge < -0.3 is 14.2 Å². The number of imide groups is 2. The molecule has 2 atom stereocenters. The normalized spacial score (nSPS) is 15.6. The maximum Gasteiger partial charge on any atom is 0.348 e. The van der Waals surface area contributed by atoms with Crippen LogP contribution < -0.4 is 0 Å². The first-order valence-electron chi connectivity index (χ1n) is 32.8. The molecule has 16 heteroatoms. The van der Waals surface area contributed by atoms with Gasteiger partial charge in [-0.25, -0.2) is 9.59 Å². The van der Waals surface area contributed by atoms with Crippen LogP contribution in [-0.4, -0.2) is 90.2 Å². The van der Waals surface area contributed by atoms with Gasteiger partial charge in [0.1, 0.15) is 0 Å². The molecule has 3 aliphatic heterocycles. The molecule has 0 radical (unpaired) electrons. The number of nitro benzene ring substituents is 1. The number of thioether (sulfide) groups is 2. The van der Waals surface area contributed by atoms with E-state index in [4.69, 9.17) is 14.2 Å². The molecule has 3 aliphatic rings. The predicted octanol–water partition coefficient (Wildman–Crippen LogP) is 20.0. The van der Waals surface area contributed by atoms with Gasteiger partial charge in [-0.15, -0.1) is 23.5 Å². The van der Waals surface area contributed by atoms with E-state index in [9.17, 15) is 38.9 Å². The SMILES string of the molecule is CC.CC.CC.CC(C)(C)C1OC(=O)C(C(C)(C)C)OC1=O.CC(C)(C)SC1=CC(=O)N(C(C)(C)C)C1=O.CC(C)(C)SC1=CC(=O)N(C(C)(C)C)C1=O.CCC/C=C/c1ccc(CC)cc1.CCC/C=C/c1ccccc1CC.COCc1ccccc1[N+](=O)[O-]. The molecule has 0 N–H and O–H groups in total. The molecule has 3 aromatic carbocycles. The maximum atomic E-state index is 12.1. The lowest BCUT2D eigenvalue weighted by Crippen LogP contribution is -2.53. The van der Waals surface area contributed by atoms with Crippen LogP contribution in [0.5, 0.6) is 0 Å². The van der Waals surface area contributed by atoms with Crippen molar-refractivity contribution in [1.82, 2.24) is 9.80 Å². The van der Waals surface area contributed by atoms with Crippen molar-refractivity contribution in [2.75, 3.05) is 7.11 Å². The molecule has 1 saturated heterocycles. The van der Waals surface area contributed by atoms with Crippen molar-refractivity contribution in [2.45, 2.75) is 272 Å². The van der Waals surface area contributed by atoms with Crippen LogP contribution >= 0.6 is 23.5 Å². The number of methoxy groups -OCH3 is 1. The molecule has 0 spiro atoms. The van der Waals surface area contributed by atoms with Crippen molar-refractivity contribution in [3.63, 3.8) is 0 Å². The van der Waals surface area contributed by atoms with Crippen LogP contribution in [0.2, 0.25) is 0 Å². The molecule has 0 bridgehead atoms. The summed E-state index contributed by atoms with van der Waals surface area (Å²) in [5.74, 6) is -1.65. The highest BCUT2D eigenvalue weighted by molar-refractivity contribution is 8.05. The van der Waals surface area contributed by atoms with E-state index in [1.165, 1.54) is 107 Å². The monoisotopic (exact) mass is 1320 g/mol. The number of carbonyl (C=O) groups is 6. The number of hydrogen-bond donors (Lipinski definition) is 0. The lowest BCUT2D eigenvalue weighted by molar-refractivity contribution is -0.385. The molecular formula is C76H121N3O11S2. The van der Waals surface area contributed by atoms with E-state index in [0.29, 0.717) is 15.4 Å². The van der Waals surface area contributed by atoms with Crippen molar-refractivity contribution in [3.05, 3.63) is 145 Å². The Morgan fingerprint density at radius 2 is 0.891 bits per heavy atom. The van der Waals surface area contributed by atoms with E-state index in [-0.39, 0.29) is 45.4 Å². The number of hydrogen-bond acceptors (Lipinski definition) is 13. The Labute approximate surface area is 566 Å². The van der Waals surface area contributed by atoms with Crippen molar-refractivity contribution in [2.24, 2.45) is 10.8 Å². The minimum Gasteiger partial charge on any atom is -0.447 e. The summed E-state index contributed by atoms with van der Waals surface area (Å²) in [5.41, 5.74) is 4.47. The highest BCUT2D eigenvalue weighted by Crippen LogP contribution is 2.38. The maximum absolute atomic E-state index is 12.1. The van der Waals surface area contributed by atoms with Crippen molar-refractivity contribution < 1.29 is 47.9 Å². The van der Waals surface area contributed by atoms with Crippen molar-refractivity contribution >= 4 is 76.9 Å². The third-order valence-electron chi connectivity index (χ3n) is 12.3. The molecule has 0 aromatic heterocycles. The number of rotatable bonds is 13. The standard InChI is InChI=1S/2C13H18.2C12H19NO2S.C12H20O4.C8H9NO3.3C2H6/c1-3-5-6-10-13-11-8-7-9-12(13)4-2;1-3-5-6-7-13-10-8-12(4-2)9-11-13;2*1-11(2,3)13-9(14)7-8(10(13)15)16-12(4,5)6;1-11(2,3)7-9(13)16-8(10(14)15-7)12(4,5)6;1-12-6-7-4-2-3-5-8(7)9(10)11;3*1-2/h2*6-11H,3-5H2,1-2H3;2*7H,1-6H3;7-8H,1-6H3;2-5H,6H2,1H3;3*1-2H3/b10-6+;7-6+;;;;;;;. The zero-order chi connectivity index (χ0) is 72.2. The molecule has 0 saturated carbocycles. The summed E-state index contributed by atoms with van der Waals surface area (Å²) in [4.78, 5) is 84.9. The summed E-state index contributed by atoms with van der Waals surface area (Å²) in [6.45, 7) is 55.4. The summed E-state index contributed by atoms with van der Waals surface area (Å²) in [6.07, 6.45) is 17.3. The zero-order valence-electron chi connectivity index (χ0n) is 62.1. The number of esters is 2. The van der Waals surface area contributed by atoms with Gasteiger partial charge in [0.25, 0.3) is 29.3 Å². The Morgan fingerprint density at radius 1 is 0.522 bits per heavy atom. The summed E-state index contributed by atoms with van der Waals surface area (Å²) in [6, 6.07) is 23.9. The average molecular weight is 1320 g/mol. The highest BCUT2D eigenvalue weighted by atomic mass is 32.2. The number of benzene rings is 3. The number of nitrogens with zero attached hydrogens (tertiary/aromatic N) is 3. The first-order chi connectivity index (χ1) is 42.6. The molecule has 3 heterocycles. The average Bonchev–Trinajstić information content (AvgIpc) is 1.38. The van der Waals surface area contributed by atoms with E-state index in [0.717, 1.165) is 12.8 Å². The largest absolute Gasteiger partial charge is 0.447 e. The summed E-state index contributed by atoms with van der Waals surface area (Å²) < 4.78 is 15.1. The fourth-order valence-corrected chi connectivity index (χ4v) is 10.1. The minimum atomic E-state index is -0.807. The van der Waals surface area contributed by atoms with Crippen LogP contribution in [0.4, 0.5) is 5.69 Å². The van der Waals surface area contributed by atoms with Crippen molar-refractivity contribution in [1.29, 1.82) is 0 Å². The Morgan fingerprint density at radius 3 is 1.21 bits per heavy atom. The van der Waals surface area contributed by atoms with Gasteiger partial charge in [-0.2, -0.15) is 0 Å². The molecule has 0 aliphatic carbocycles. The van der Waals surface area contributed by atoms with Crippen LogP contribution in [0.3, 0.4) is 0 Å². The van der Waals surface area contributed by atoms with E-state index in [2.05, 4.69) is 101 Å². The van der Waals surface area contributed by atoms with Gasteiger partial charge in [-0.1, -0.05) is 250 Å². The van der Waals surface area contributed by atoms with Crippen LogP contribution in [0, 0.1) is 20.9 Å². The molecule has 1 fully saturated rings. The van der Waals surface area contributed by atoms with Gasteiger partial charge in [-0.3, -0.25) is 39.1 Å². The number of cyclic esters (lactones) is 2. The second-order valence-corrected chi connectivity index (χ2v) is 30.7. The number of carbonyl (C=O) groups excluding carboxylic acids is 6. The number of ether oxygens (including phenoxy) is 3. The molecule has 14 nitrogen and oxygen atoms in total. The third kappa shape index (κ3) is 34.7. The van der Waals surface area contributed by atoms with E-state index < -0.39 is 51.0 Å². The Kier molecular flexibility index (Phi) is 42.8. The van der Waals surface area contributed by atoms with Crippen LogP contribution in [0.25, 0.3) is 12.2 Å².